The molecule has 46 heavy (non-hydrogen) atoms. The molecular formula is C27H41ClN5O12P. The standard InChI is InChI=1S/C27H41ClN5O12P/c1-15(2)43-26(34)39-12-41-46(36,42-13-40-27(35)44-16(3)4)14-38-11-21-17(5)18(6)24(45-21)33-23-20(9-29-33)22(31-25(28)32-23)30-19-7-8-37-10-19/h9,15-19,21,24H,7-8,10-14H2,1-6H3,(H,30,31,32)/t17-,18+,19-,21+,24+/m0/s1. The lowest BCUT2D eigenvalue weighted by Gasteiger charge is -2.21. The number of fused-ring (bicyclic) bond motifs is 1. The van der Waals surface area contributed by atoms with E-state index in [0.29, 0.717) is 30.1 Å². The lowest BCUT2D eigenvalue weighted by molar-refractivity contribution is -0.0567. The highest BCUT2D eigenvalue weighted by Crippen LogP contribution is 2.49. The molecule has 0 spiro atoms. The van der Waals surface area contributed by atoms with Crippen molar-refractivity contribution in [2.45, 2.75) is 78.5 Å². The Morgan fingerprint density at radius 3 is 2.30 bits per heavy atom. The first-order valence-electron chi connectivity index (χ1n) is 14.9. The van der Waals surface area contributed by atoms with Gasteiger partial charge in [-0.1, -0.05) is 13.8 Å². The summed E-state index contributed by atoms with van der Waals surface area (Å²) in [5.41, 5.74) is 0.505. The molecule has 0 bridgehead atoms. The fraction of sp³-hybridized carbons (Fsp3) is 0.741. The first-order chi connectivity index (χ1) is 21.8. The summed E-state index contributed by atoms with van der Waals surface area (Å²) in [6, 6.07) is 0.102. The van der Waals surface area contributed by atoms with Gasteiger partial charge in [0.15, 0.2) is 11.9 Å². The zero-order valence-electron chi connectivity index (χ0n) is 26.6. The number of carbonyl (C=O) groups excluding carboxylic acids is 2. The minimum absolute atomic E-state index is 0.00532. The van der Waals surface area contributed by atoms with E-state index in [1.54, 1.807) is 38.6 Å². The van der Waals surface area contributed by atoms with Gasteiger partial charge in [0.1, 0.15) is 12.2 Å². The van der Waals surface area contributed by atoms with Crippen LogP contribution < -0.4 is 5.32 Å². The van der Waals surface area contributed by atoms with E-state index in [9.17, 15) is 14.2 Å². The van der Waals surface area contributed by atoms with Gasteiger partial charge in [0, 0.05) is 12.5 Å². The van der Waals surface area contributed by atoms with Crippen LogP contribution in [-0.2, 0) is 46.8 Å². The Morgan fingerprint density at radius 2 is 1.72 bits per heavy atom. The third-order valence-corrected chi connectivity index (χ3v) is 8.83. The molecule has 4 heterocycles. The number of ether oxygens (including phenoxy) is 7. The van der Waals surface area contributed by atoms with Crippen molar-refractivity contribution < 1.29 is 56.4 Å². The van der Waals surface area contributed by atoms with Crippen LogP contribution in [0, 0.1) is 11.8 Å². The summed E-state index contributed by atoms with van der Waals surface area (Å²) < 4.78 is 62.3. The topological polar surface area (TPSA) is 190 Å². The van der Waals surface area contributed by atoms with Gasteiger partial charge in [0.2, 0.25) is 18.9 Å². The average Bonchev–Trinajstić information content (AvgIpc) is 3.69. The van der Waals surface area contributed by atoms with E-state index in [1.807, 2.05) is 13.8 Å². The first-order valence-corrected chi connectivity index (χ1v) is 17.0. The summed E-state index contributed by atoms with van der Waals surface area (Å²) in [7, 11) is -4.12. The highest BCUT2D eigenvalue weighted by Gasteiger charge is 2.42. The highest BCUT2D eigenvalue weighted by atomic mass is 35.5. The fourth-order valence-electron chi connectivity index (χ4n) is 4.69. The Balaban J connectivity index is 1.38. The molecule has 258 valence electrons. The summed E-state index contributed by atoms with van der Waals surface area (Å²) in [5.74, 6) is 0.499. The first kappa shape index (κ1) is 36.1. The number of hydrogen-bond acceptors (Lipinski definition) is 16. The van der Waals surface area contributed by atoms with E-state index in [2.05, 4.69) is 20.4 Å². The molecule has 2 fully saturated rings. The zero-order chi connectivity index (χ0) is 33.4. The van der Waals surface area contributed by atoms with E-state index < -0.39 is 64.4 Å². The maximum Gasteiger partial charge on any atom is 0.510 e. The largest absolute Gasteiger partial charge is 0.510 e. The summed E-state index contributed by atoms with van der Waals surface area (Å²) in [6.45, 7) is 10.2. The van der Waals surface area contributed by atoms with Crippen molar-refractivity contribution in [2.75, 3.05) is 45.1 Å². The quantitative estimate of drug-likeness (QED) is 0.112. The molecule has 0 amide bonds. The molecular weight excluding hydrogens is 653 g/mol. The molecule has 2 aliphatic heterocycles. The molecule has 4 rings (SSSR count). The lowest BCUT2D eigenvalue weighted by atomic mass is 9.93. The second-order valence-corrected chi connectivity index (χ2v) is 13.7. The zero-order valence-corrected chi connectivity index (χ0v) is 28.2. The summed E-state index contributed by atoms with van der Waals surface area (Å²) >= 11 is 6.29. The minimum atomic E-state index is -4.12. The van der Waals surface area contributed by atoms with Gasteiger partial charge >= 0.3 is 19.9 Å². The van der Waals surface area contributed by atoms with Crippen LogP contribution in [0.1, 0.15) is 54.2 Å². The summed E-state index contributed by atoms with van der Waals surface area (Å²) in [6.07, 6.45) is -1.96. The Kier molecular flexibility index (Phi) is 12.8. The molecule has 2 aromatic heterocycles. The monoisotopic (exact) mass is 693 g/mol. The van der Waals surface area contributed by atoms with Gasteiger partial charge in [-0.2, -0.15) is 15.1 Å². The molecule has 19 heteroatoms. The number of nitrogens with one attached hydrogen (secondary N) is 1. The number of halogens is 1. The van der Waals surface area contributed by atoms with Crippen molar-refractivity contribution in [3.8, 4) is 0 Å². The van der Waals surface area contributed by atoms with Crippen molar-refractivity contribution in [3.05, 3.63) is 11.5 Å². The number of anilines is 1. The van der Waals surface area contributed by atoms with Crippen LogP contribution in [-0.4, -0.2) is 96.2 Å². The Hall–Kier alpha value is -2.79. The number of aromatic nitrogens is 4. The van der Waals surface area contributed by atoms with Crippen LogP contribution in [0.5, 0.6) is 0 Å². The third kappa shape index (κ3) is 9.86. The minimum Gasteiger partial charge on any atom is -0.432 e. The molecule has 0 saturated carbocycles. The molecule has 0 aromatic carbocycles. The van der Waals surface area contributed by atoms with Crippen molar-refractivity contribution in [1.82, 2.24) is 19.7 Å². The average molecular weight is 694 g/mol. The van der Waals surface area contributed by atoms with Crippen LogP contribution in [0.4, 0.5) is 15.4 Å². The molecule has 0 unspecified atom stereocenters. The van der Waals surface area contributed by atoms with Gasteiger partial charge in [-0.15, -0.1) is 0 Å². The van der Waals surface area contributed by atoms with Gasteiger partial charge in [0.25, 0.3) is 0 Å². The molecule has 0 aliphatic carbocycles. The number of nitrogens with zero attached hydrogens (tertiary/aromatic N) is 4. The van der Waals surface area contributed by atoms with Crippen molar-refractivity contribution in [3.63, 3.8) is 0 Å². The SMILES string of the molecule is CC(C)OC(=O)OCOP(=O)(COC[C@H]1O[C@@H](n2ncc3c(N[C@H]4CCOC4)nc(Cl)nc32)[C@H](C)[C@@H]1C)OCOC(=O)OC(C)C. The highest BCUT2D eigenvalue weighted by molar-refractivity contribution is 7.53. The molecule has 0 radical (unpaired) electrons. The fourth-order valence-corrected chi connectivity index (χ4v) is 5.83. The van der Waals surface area contributed by atoms with Gasteiger partial charge in [-0.3, -0.25) is 13.6 Å². The van der Waals surface area contributed by atoms with Gasteiger partial charge in [-0.25, -0.2) is 14.3 Å². The van der Waals surface area contributed by atoms with Gasteiger partial charge in [0.05, 0.1) is 49.2 Å². The maximum absolute atomic E-state index is 13.4. The van der Waals surface area contributed by atoms with Gasteiger partial charge < -0.3 is 38.5 Å². The second kappa shape index (κ2) is 16.4. The lowest BCUT2D eigenvalue weighted by Crippen LogP contribution is -2.23. The second-order valence-electron chi connectivity index (χ2n) is 11.4. The Bertz CT molecular complexity index is 1340. The predicted molar refractivity (Wildman–Crippen MR) is 161 cm³/mol. The van der Waals surface area contributed by atoms with Crippen LogP contribution in [0.15, 0.2) is 6.20 Å². The summed E-state index contributed by atoms with van der Waals surface area (Å²) in [4.78, 5) is 32.2. The molecule has 5 atom stereocenters. The third-order valence-electron chi connectivity index (χ3n) is 7.17. The molecule has 17 nitrogen and oxygen atoms in total. The molecule has 2 aromatic rings. The number of carbonyl (C=O) groups is 2. The maximum atomic E-state index is 13.4. The van der Waals surface area contributed by atoms with Crippen LogP contribution in [0.25, 0.3) is 11.0 Å². The normalized spacial score (nSPS) is 23.3. The number of rotatable bonds is 15. The molecule has 2 aliphatic rings. The Morgan fingerprint density at radius 1 is 1.07 bits per heavy atom. The van der Waals surface area contributed by atoms with Crippen molar-refractivity contribution in [1.29, 1.82) is 0 Å². The predicted octanol–water partition coefficient (Wildman–Crippen LogP) is 5.09. The molecule has 1 N–H and O–H groups in total. The van der Waals surface area contributed by atoms with E-state index in [4.69, 9.17) is 53.8 Å². The van der Waals surface area contributed by atoms with E-state index >= 15 is 0 Å². The number of hydrogen-bond donors (Lipinski definition) is 1. The van der Waals surface area contributed by atoms with Crippen LogP contribution in [0.3, 0.4) is 0 Å². The molecule has 2 saturated heterocycles. The van der Waals surface area contributed by atoms with Crippen molar-refractivity contribution in [2.24, 2.45) is 11.8 Å². The van der Waals surface area contributed by atoms with Crippen molar-refractivity contribution >= 4 is 48.4 Å². The van der Waals surface area contributed by atoms with Crippen LogP contribution in [0.2, 0.25) is 5.28 Å². The van der Waals surface area contributed by atoms with Crippen LogP contribution >= 0.6 is 19.2 Å². The Labute approximate surface area is 271 Å². The van der Waals surface area contributed by atoms with E-state index in [-0.39, 0.29) is 29.8 Å². The van der Waals surface area contributed by atoms with E-state index in [0.717, 1.165) is 6.42 Å². The van der Waals surface area contributed by atoms with Gasteiger partial charge in [-0.05, 0) is 51.6 Å². The smallest absolute Gasteiger partial charge is 0.432 e. The van der Waals surface area contributed by atoms with E-state index in [1.165, 1.54) is 0 Å². The summed E-state index contributed by atoms with van der Waals surface area (Å²) in [5, 5.41) is 8.67.